The van der Waals surface area contributed by atoms with Gasteiger partial charge in [0.25, 0.3) is 0 Å². The Bertz CT molecular complexity index is 1140. The van der Waals surface area contributed by atoms with Crippen LogP contribution in [0, 0.1) is 0 Å². The average Bonchev–Trinajstić information content (AvgIpc) is 3.36. The number of hydrogen-bond acceptors (Lipinski definition) is 4. The van der Waals surface area contributed by atoms with E-state index in [2.05, 4.69) is 9.97 Å². The van der Waals surface area contributed by atoms with Gasteiger partial charge in [0.2, 0.25) is 5.91 Å². The summed E-state index contributed by atoms with van der Waals surface area (Å²) in [6.07, 6.45) is 6.70. The third-order valence-corrected chi connectivity index (χ3v) is 5.87. The standard InChI is InChI=1S/C20H17ClN4O3/c21-13-7-12-8-14(24(6-2-17(26)27)18(12)23-9-13)11-25-16-10-22-5-1-15(16)20(3-4-20)19(25)28/h1,5,7-10H,2-4,6,11H2,(H,26,27). The lowest BCUT2D eigenvalue weighted by Crippen LogP contribution is -2.32. The number of carbonyl (C=O) groups is 2. The Morgan fingerprint density at radius 2 is 2.11 bits per heavy atom. The van der Waals surface area contributed by atoms with Gasteiger partial charge in [-0.15, -0.1) is 0 Å². The maximum absolute atomic E-state index is 13.2. The number of carboxylic acid groups (broad SMARTS) is 1. The molecule has 2 aliphatic rings. The van der Waals surface area contributed by atoms with E-state index in [4.69, 9.17) is 16.7 Å². The second-order valence-electron chi connectivity index (χ2n) is 7.36. The van der Waals surface area contributed by atoms with E-state index in [1.165, 1.54) is 0 Å². The molecule has 0 atom stereocenters. The summed E-state index contributed by atoms with van der Waals surface area (Å²) >= 11 is 6.08. The van der Waals surface area contributed by atoms with Crippen LogP contribution in [0.25, 0.3) is 11.0 Å². The van der Waals surface area contributed by atoms with Crippen molar-refractivity contribution >= 4 is 40.2 Å². The maximum atomic E-state index is 13.2. The van der Waals surface area contributed by atoms with Gasteiger partial charge in [0.1, 0.15) is 5.65 Å². The molecule has 8 heteroatoms. The number of halogens is 1. The number of aromatic nitrogens is 3. The van der Waals surface area contributed by atoms with Crippen LogP contribution >= 0.6 is 11.6 Å². The van der Waals surface area contributed by atoms with Crippen molar-refractivity contribution in [2.45, 2.75) is 37.8 Å². The van der Waals surface area contributed by atoms with Crippen LogP contribution in [0.15, 0.2) is 36.8 Å². The summed E-state index contributed by atoms with van der Waals surface area (Å²) < 4.78 is 1.86. The molecule has 3 aromatic heterocycles. The van der Waals surface area contributed by atoms with Crippen LogP contribution in [-0.4, -0.2) is 31.5 Å². The van der Waals surface area contributed by atoms with Gasteiger partial charge < -0.3 is 14.6 Å². The molecular weight excluding hydrogens is 380 g/mol. The largest absolute Gasteiger partial charge is 0.481 e. The zero-order valence-electron chi connectivity index (χ0n) is 14.9. The Hall–Kier alpha value is -2.93. The molecule has 0 unspecified atom stereocenters. The SMILES string of the molecule is O=C(O)CCn1c(CN2C(=O)C3(CC3)c3ccncc32)cc2cc(Cl)cnc21. The summed E-state index contributed by atoms with van der Waals surface area (Å²) in [6, 6.07) is 5.66. The van der Waals surface area contributed by atoms with Crippen molar-refractivity contribution in [3.05, 3.63) is 53.1 Å². The summed E-state index contributed by atoms with van der Waals surface area (Å²) in [5, 5.41) is 10.5. The first-order valence-corrected chi connectivity index (χ1v) is 9.49. The van der Waals surface area contributed by atoms with Crippen molar-refractivity contribution in [3.63, 3.8) is 0 Å². The van der Waals surface area contributed by atoms with E-state index >= 15 is 0 Å². The highest BCUT2D eigenvalue weighted by Gasteiger charge is 2.59. The molecule has 3 aromatic rings. The number of aryl methyl sites for hydroxylation is 1. The number of carboxylic acids is 1. The quantitative estimate of drug-likeness (QED) is 0.715. The van der Waals surface area contributed by atoms with Crippen LogP contribution in [0.2, 0.25) is 5.02 Å². The first kappa shape index (κ1) is 17.2. The lowest BCUT2D eigenvalue weighted by molar-refractivity contribution is -0.137. The Morgan fingerprint density at radius 3 is 2.86 bits per heavy atom. The maximum Gasteiger partial charge on any atom is 0.305 e. The number of amides is 1. The van der Waals surface area contributed by atoms with Crippen molar-refractivity contribution in [2.24, 2.45) is 0 Å². The third-order valence-electron chi connectivity index (χ3n) is 5.67. The molecule has 1 N–H and O–H groups in total. The molecule has 0 aromatic carbocycles. The van der Waals surface area contributed by atoms with Crippen molar-refractivity contribution < 1.29 is 14.7 Å². The molecule has 0 bridgehead atoms. The summed E-state index contributed by atoms with van der Waals surface area (Å²) in [6.45, 7) is 0.614. The van der Waals surface area contributed by atoms with Crippen molar-refractivity contribution in [2.75, 3.05) is 4.90 Å². The van der Waals surface area contributed by atoms with E-state index in [1.54, 1.807) is 29.6 Å². The number of carbonyl (C=O) groups excluding carboxylic acids is 1. The molecule has 1 aliphatic carbocycles. The lowest BCUT2D eigenvalue weighted by Gasteiger charge is -2.19. The Balaban J connectivity index is 1.57. The number of fused-ring (bicyclic) bond motifs is 3. The minimum atomic E-state index is -0.884. The summed E-state index contributed by atoms with van der Waals surface area (Å²) in [7, 11) is 0. The molecule has 142 valence electrons. The zero-order valence-corrected chi connectivity index (χ0v) is 15.7. The summed E-state index contributed by atoms with van der Waals surface area (Å²) in [5.41, 5.74) is 2.98. The van der Waals surface area contributed by atoms with E-state index in [9.17, 15) is 9.59 Å². The summed E-state index contributed by atoms with van der Waals surface area (Å²) in [5.74, 6) is -0.790. The van der Waals surface area contributed by atoms with Crippen molar-refractivity contribution in [1.29, 1.82) is 0 Å². The van der Waals surface area contributed by atoms with Gasteiger partial charge in [-0.2, -0.15) is 0 Å². The Morgan fingerprint density at radius 1 is 1.29 bits per heavy atom. The molecule has 28 heavy (non-hydrogen) atoms. The first-order chi connectivity index (χ1) is 13.5. The Labute approximate surface area is 165 Å². The number of nitrogens with zero attached hydrogens (tertiary/aromatic N) is 4. The highest BCUT2D eigenvalue weighted by molar-refractivity contribution is 6.31. The van der Waals surface area contributed by atoms with Gasteiger partial charge >= 0.3 is 5.97 Å². The van der Waals surface area contributed by atoms with Crippen LogP contribution < -0.4 is 4.90 Å². The first-order valence-electron chi connectivity index (χ1n) is 9.11. The molecule has 1 spiro atoms. The fraction of sp³-hybridized carbons (Fsp3) is 0.300. The van der Waals surface area contributed by atoms with E-state index < -0.39 is 11.4 Å². The normalized spacial score (nSPS) is 16.8. The molecule has 1 saturated carbocycles. The average molecular weight is 397 g/mol. The highest BCUT2D eigenvalue weighted by Crippen LogP contribution is 2.57. The Kier molecular flexibility index (Phi) is 3.71. The van der Waals surface area contributed by atoms with Gasteiger partial charge in [0.15, 0.2) is 0 Å². The fourth-order valence-electron chi connectivity index (χ4n) is 4.18. The van der Waals surface area contributed by atoms with Gasteiger partial charge in [-0.05, 0) is 36.6 Å². The van der Waals surface area contributed by atoms with E-state index in [-0.39, 0.29) is 18.9 Å². The van der Waals surface area contributed by atoms with Crippen LogP contribution in [-0.2, 0) is 28.1 Å². The van der Waals surface area contributed by atoms with Gasteiger partial charge in [0, 0.05) is 30.0 Å². The molecule has 0 saturated heterocycles. The van der Waals surface area contributed by atoms with Gasteiger partial charge in [-0.3, -0.25) is 14.6 Å². The van der Waals surface area contributed by atoms with Crippen molar-refractivity contribution in [1.82, 2.24) is 14.5 Å². The zero-order chi connectivity index (χ0) is 19.5. The molecule has 0 radical (unpaired) electrons. The van der Waals surface area contributed by atoms with Crippen LogP contribution in [0.1, 0.15) is 30.5 Å². The number of anilines is 1. The van der Waals surface area contributed by atoms with Crippen molar-refractivity contribution in [3.8, 4) is 0 Å². The topological polar surface area (TPSA) is 88.3 Å². The molecule has 1 amide bonds. The number of aliphatic carboxylic acids is 1. The lowest BCUT2D eigenvalue weighted by atomic mass is 9.99. The minimum Gasteiger partial charge on any atom is -0.481 e. The number of pyridine rings is 2. The van der Waals surface area contributed by atoms with Crippen LogP contribution in [0.4, 0.5) is 5.69 Å². The number of rotatable bonds is 5. The van der Waals surface area contributed by atoms with Crippen LogP contribution in [0.5, 0.6) is 0 Å². The van der Waals surface area contributed by atoms with Gasteiger partial charge in [0.05, 0.1) is 35.3 Å². The number of hydrogen-bond donors (Lipinski definition) is 1. The third kappa shape index (κ3) is 2.50. The molecule has 5 rings (SSSR count). The van der Waals surface area contributed by atoms with Gasteiger partial charge in [-0.1, -0.05) is 11.6 Å². The molecule has 1 fully saturated rings. The van der Waals surface area contributed by atoms with E-state index in [1.807, 2.05) is 16.7 Å². The molecule has 4 heterocycles. The van der Waals surface area contributed by atoms with E-state index in [0.717, 1.165) is 35.2 Å². The molecule has 1 aliphatic heterocycles. The minimum absolute atomic E-state index is 0.0306. The monoisotopic (exact) mass is 396 g/mol. The smallest absolute Gasteiger partial charge is 0.305 e. The van der Waals surface area contributed by atoms with E-state index in [0.29, 0.717) is 17.2 Å². The second-order valence-corrected chi connectivity index (χ2v) is 7.80. The molecule has 7 nitrogen and oxygen atoms in total. The summed E-state index contributed by atoms with van der Waals surface area (Å²) in [4.78, 5) is 34.6. The second kappa shape index (κ2) is 6.04. The van der Waals surface area contributed by atoms with Gasteiger partial charge in [-0.25, -0.2) is 4.98 Å². The highest BCUT2D eigenvalue weighted by atomic mass is 35.5. The van der Waals surface area contributed by atoms with Crippen LogP contribution in [0.3, 0.4) is 0 Å². The predicted octanol–water partition coefficient (Wildman–Crippen LogP) is 3.14. The molecular formula is C20H17ClN4O3. The predicted molar refractivity (Wildman–Crippen MR) is 103 cm³/mol. The fourth-order valence-corrected chi connectivity index (χ4v) is 4.34.